The van der Waals surface area contributed by atoms with Gasteiger partial charge in [0.25, 0.3) is 0 Å². The summed E-state index contributed by atoms with van der Waals surface area (Å²) < 4.78 is 0. The van der Waals surface area contributed by atoms with Gasteiger partial charge in [0.1, 0.15) is 0 Å². The third-order valence-corrected chi connectivity index (χ3v) is 7.23. The van der Waals surface area contributed by atoms with Crippen LogP contribution in [0.4, 0.5) is 0 Å². The van der Waals surface area contributed by atoms with E-state index >= 15 is 0 Å². The molecule has 0 aliphatic rings. The first kappa shape index (κ1) is 26.8. The fourth-order valence-corrected chi connectivity index (χ4v) is 5.72. The maximum absolute atomic E-state index is 5.88. The van der Waals surface area contributed by atoms with Crippen LogP contribution in [0.1, 0.15) is 51.4 Å². The lowest BCUT2D eigenvalue weighted by atomic mass is 9.70. The number of thiol groups is 4. The van der Waals surface area contributed by atoms with Crippen LogP contribution in [0.25, 0.3) is 0 Å². The Morgan fingerprint density at radius 2 is 0.680 bits per heavy atom. The minimum absolute atomic E-state index is 0.673. The fourth-order valence-electron chi connectivity index (χ4n) is 2.64. The van der Waals surface area contributed by atoms with Crippen LogP contribution in [0, 0.1) is 5.41 Å². The molecule has 0 saturated carbocycles. The fraction of sp³-hybridized carbons (Fsp3) is 0.765. The van der Waals surface area contributed by atoms with Crippen LogP contribution in [0.3, 0.4) is 0 Å². The summed E-state index contributed by atoms with van der Waals surface area (Å²) in [6.07, 6.45) is 6.69. The second-order valence-electron chi connectivity index (χ2n) is 5.75. The van der Waals surface area contributed by atoms with Gasteiger partial charge in [-0.3, -0.25) is 0 Å². The maximum atomic E-state index is 5.88. The largest absolute Gasteiger partial charge is 0.179 e. The first-order valence-corrected chi connectivity index (χ1v) is 12.7. The predicted molar refractivity (Wildman–Crippen MR) is 145 cm³/mol. The zero-order chi connectivity index (χ0) is 19.3. The van der Waals surface area contributed by atoms with E-state index in [1.807, 2.05) is 0 Å². The summed E-state index contributed by atoms with van der Waals surface area (Å²) >= 11 is 40.8. The summed E-state index contributed by atoms with van der Waals surface area (Å²) in [4.78, 5) is 3.50. The zero-order valence-electron chi connectivity index (χ0n) is 14.4. The van der Waals surface area contributed by atoms with Gasteiger partial charge in [-0.1, -0.05) is 48.9 Å². The lowest BCUT2D eigenvalue weighted by molar-refractivity contribution is 0.877. The van der Waals surface area contributed by atoms with E-state index < -0.39 is 5.41 Å². The summed E-state index contributed by atoms with van der Waals surface area (Å²) in [5.41, 5.74) is -0.673. The van der Waals surface area contributed by atoms with E-state index in [9.17, 15) is 0 Å². The van der Waals surface area contributed by atoms with E-state index in [0.717, 1.165) is 93.8 Å². The van der Waals surface area contributed by atoms with Crippen molar-refractivity contribution in [3.8, 4) is 0 Å². The highest BCUT2D eigenvalue weighted by Gasteiger charge is 2.44. The molecule has 0 N–H and O–H groups in total. The average molecular weight is 489 g/mol. The topological polar surface area (TPSA) is 0 Å². The third kappa shape index (κ3) is 8.34. The van der Waals surface area contributed by atoms with Gasteiger partial charge in [-0.25, -0.2) is 0 Å². The summed E-state index contributed by atoms with van der Waals surface area (Å²) in [5, 5.41) is 0. The molecular weight excluding hydrogens is 461 g/mol. The Kier molecular flexibility index (Phi) is 16.8. The van der Waals surface area contributed by atoms with E-state index in [-0.39, 0.29) is 0 Å². The van der Waals surface area contributed by atoms with Crippen LogP contribution < -0.4 is 0 Å². The Labute approximate surface area is 197 Å². The lowest BCUT2D eigenvalue weighted by Gasteiger charge is -2.38. The molecule has 144 valence electrons. The molecule has 0 aliphatic carbocycles. The van der Waals surface area contributed by atoms with Gasteiger partial charge >= 0.3 is 0 Å². The van der Waals surface area contributed by atoms with Crippen molar-refractivity contribution in [2.45, 2.75) is 51.4 Å². The molecule has 25 heavy (non-hydrogen) atoms. The van der Waals surface area contributed by atoms with Crippen molar-refractivity contribution in [2.24, 2.45) is 5.41 Å². The molecule has 0 aromatic carbocycles. The van der Waals surface area contributed by atoms with Crippen molar-refractivity contribution in [2.75, 3.05) is 23.0 Å². The highest BCUT2D eigenvalue weighted by atomic mass is 32.1. The number of hydrogen-bond acceptors (Lipinski definition) is 8. The molecule has 0 spiro atoms. The molecule has 0 bridgehead atoms. The van der Waals surface area contributed by atoms with Crippen molar-refractivity contribution < 1.29 is 0 Å². The van der Waals surface area contributed by atoms with Crippen molar-refractivity contribution in [1.82, 2.24) is 0 Å². The van der Waals surface area contributed by atoms with Gasteiger partial charge in [0.2, 0.25) is 0 Å². The molecule has 0 heterocycles. The van der Waals surface area contributed by atoms with Gasteiger partial charge in [0.05, 0.1) is 5.41 Å². The Bertz CT molecular complexity index is 372. The van der Waals surface area contributed by atoms with Crippen molar-refractivity contribution in [1.29, 1.82) is 0 Å². The Balaban J connectivity index is 5.90. The van der Waals surface area contributed by atoms with E-state index in [0.29, 0.717) is 0 Å². The normalized spacial score (nSPS) is 11.4. The molecule has 0 rings (SSSR count). The smallest absolute Gasteiger partial charge is 0.0951 e. The van der Waals surface area contributed by atoms with Crippen LogP contribution in [-0.4, -0.2) is 42.5 Å². The van der Waals surface area contributed by atoms with E-state index in [2.05, 4.69) is 50.5 Å². The summed E-state index contributed by atoms with van der Waals surface area (Å²) in [7, 11) is 0. The Morgan fingerprint density at radius 3 is 0.840 bits per heavy atom. The first-order valence-electron chi connectivity index (χ1n) is 8.50. The first-order chi connectivity index (χ1) is 11.9. The minimum Gasteiger partial charge on any atom is -0.179 e. The van der Waals surface area contributed by atoms with Crippen LogP contribution in [0.15, 0.2) is 0 Å². The van der Waals surface area contributed by atoms with Crippen molar-refractivity contribution >= 4 is 119 Å². The van der Waals surface area contributed by atoms with E-state index in [4.69, 9.17) is 48.9 Å². The minimum atomic E-state index is -0.673. The van der Waals surface area contributed by atoms with Crippen LogP contribution in [0.5, 0.6) is 0 Å². The van der Waals surface area contributed by atoms with Crippen molar-refractivity contribution in [3.63, 3.8) is 0 Å². The monoisotopic (exact) mass is 488 g/mol. The highest BCUT2D eigenvalue weighted by molar-refractivity contribution is 7.86. The number of rotatable bonds is 16. The molecule has 0 atom stereocenters. The zero-order valence-corrected chi connectivity index (χ0v) is 21.3. The molecular formula is C17H28S8. The molecule has 0 radical (unpaired) electrons. The third-order valence-electron chi connectivity index (χ3n) is 3.92. The Hall–Kier alpha value is 1.76. The summed E-state index contributed by atoms with van der Waals surface area (Å²) in [6, 6.07) is 0. The SMILES string of the molecule is S=C(CCCS)C(C(=S)CCCS)(C(=S)CCCS)C(=S)CCCS. The average Bonchev–Trinajstić information content (AvgIpc) is 2.61. The van der Waals surface area contributed by atoms with Crippen molar-refractivity contribution in [3.05, 3.63) is 0 Å². The molecule has 0 aliphatic heterocycles. The second-order valence-corrected chi connectivity index (χ2v) is 9.51. The van der Waals surface area contributed by atoms with Gasteiger partial charge in [-0.05, 0) is 74.4 Å². The summed E-state index contributed by atoms with van der Waals surface area (Å²) in [5.74, 6) is 3.14. The predicted octanol–water partition coefficient (Wildman–Crippen LogP) is 6.29. The summed E-state index contributed by atoms with van der Waals surface area (Å²) in [6.45, 7) is 0. The lowest BCUT2D eigenvalue weighted by Crippen LogP contribution is -2.50. The van der Waals surface area contributed by atoms with Gasteiger partial charge in [-0.15, -0.1) is 0 Å². The molecule has 0 fully saturated rings. The molecule has 0 aromatic rings. The number of thiocarbonyl (C=S) groups is 4. The molecule has 8 heteroatoms. The molecule has 0 nitrogen and oxygen atoms in total. The molecule has 0 amide bonds. The molecule has 0 saturated heterocycles. The van der Waals surface area contributed by atoms with Gasteiger partial charge < -0.3 is 0 Å². The van der Waals surface area contributed by atoms with Gasteiger partial charge in [-0.2, -0.15) is 50.5 Å². The van der Waals surface area contributed by atoms with Gasteiger partial charge in [0, 0.05) is 19.5 Å². The highest BCUT2D eigenvalue weighted by Crippen LogP contribution is 2.36. The Morgan fingerprint density at radius 1 is 0.480 bits per heavy atom. The van der Waals surface area contributed by atoms with E-state index in [1.165, 1.54) is 0 Å². The number of hydrogen-bond donors (Lipinski definition) is 4. The quantitative estimate of drug-likeness (QED) is 0.149. The molecule has 0 aromatic heterocycles. The van der Waals surface area contributed by atoms with E-state index in [1.54, 1.807) is 0 Å². The molecule has 0 unspecified atom stereocenters. The van der Waals surface area contributed by atoms with Crippen LogP contribution >= 0.6 is 99.4 Å². The van der Waals surface area contributed by atoms with Gasteiger partial charge in [0.15, 0.2) is 0 Å². The second kappa shape index (κ2) is 15.7. The standard InChI is InChI=1S/C17H28S8/c18-9-1-5-13(22)17(14(23)6-2-10-19,15(24)7-3-11-20)16(25)8-4-12-21/h18-21H,1-12H2. The maximum Gasteiger partial charge on any atom is 0.0951 e. The van der Waals surface area contributed by atoms with Crippen LogP contribution in [-0.2, 0) is 0 Å². The van der Waals surface area contributed by atoms with Crippen LogP contribution in [0.2, 0.25) is 0 Å².